The van der Waals surface area contributed by atoms with Gasteiger partial charge in [-0.15, -0.1) is 0 Å². The molecule has 2 fully saturated rings. The average Bonchev–Trinajstić information content (AvgIpc) is 2.63. The number of piperidine rings is 1. The molecule has 0 radical (unpaired) electrons. The Morgan fingerprint density at radius 1 is 1.28 bits per heavy atom. The van der Waals surface area contributed by atoms with Crippen molar-refractivity contribution in [3.8, 4) is 5.75 Å². The first-order valence-electron chi connectivity index (χ1n) is 10.6. The Kier molecular flexibility index (Phi) is 6.77. The summed E-state index contributed by atoms with van der Waals surface area (Å²) < 4.78 is 11.3. The molecule has 1 aromatic carbocycles. The lowest BCUT2D eigenvalue weighted by molar-refractivity contribution is -0.0301. The van der Waals surface area contributed by atoms with Crippen molar-refractivity contribution in [3.05, 3.63) is 28.8 Å². The highest BCUT2D eigenvalue weighted by molar-refractivity contribution is 6.33. The monoisotopic (exact) mass is 421 g/mol. The Balaban J connectivity index is 1.32. The molecular formula is C23H32ClNO4. The standard InChI is InChI=1S/C23H32ClNO4/c1-22(2,3)29-21(27)25-10-8-23(9-11-25)14-17(15-23)5-4-12-28-19-7-6-18(16-26)20(24)13-19/h6-7,13,16-17H,4-5,8-12,14-15H2,1-3H3. The highest BCUT2D eigenvalue weighted by atomic mass is 35.5. The minimum absolute atomic E-state index is 0.179. The summed E-state index contributed by atoms with van der Waals surface area (Å²) in [5.41, 5.74) is 0.483. The summed E-state index contributed by atoms with van der Waals surface area (Å²) in [6.07, 6.45) is 7.43. The lowest BCUT2D eigenvalue weighted by Crippen LogP contribution is -2.49. The predicted molar refractivity (Wildman–Crippen MR) is 114 cm³/mol. The van der Waals surface area contributed by atoms with Crippen LogP contribution in [0.2, 0.25) is 5.02 Å². The molecule has 5 nitrogen and oxygen atoms in total. The fraction of sp³-hybridized carbons (Fsp3) is 0.652. The molecule has 0 unspecified atom stereocenters. The molecule has 1 saturated heterocycles. The molecule has 0 N–H and O–H groups in total. The third-order valence-electron chi connectivity index (χ3n) is 6.04. The van der Waals surface area contributed by atoms with Crippen LogP contribution in [0.5, 0.6) is 5.75 Å². The van der Waals surface area contributed by atoms with Crippen molar-refractivity contribution < 1.29 is 19.1 Å². The predicted octanol–water partition coefficient (Wildman–Crippen LogP) is 5.74. The molecule has 1 aliphatic carbocycles. The van der Waals surface area contributed by atoms with Gasteiger partial charge in [-0.3, -0.25) is 4.79 Å². The molecule has 1 heterocycles. The second-order valence-corrected chi connectivity index (χ2v) is 9.94. The van der Waals surface area contributed by atoms with E-state index in [9.17, 15) is 9.59 Å². The number of amides is 1. The maximum Gasteiger partial charge on any atom is 0.410 e. The number of hydrogen-bond acceptors (Lipinski definition) is 4. The summed E-state index contributed by atoms with van der Waals surface area (Å²) >= 11 is 6.02. The molecule has 0 atom stereocenters. The molecule has 1 saturated carbocycles. The number of benzene rings is 1. The molecule has 3 rings (SSSR count). The SMILES string of the molecule is CC(C)(C)OC(=O)N1CCC2(CC1)CC(CCCOc1ccc(C=O)c(Cl)c1)C2. The van der Waals surface area contributed by atoms with Gasteiger partial charge in [0.05, 0.1) is 11.6 Å². The molecule has 0 bridgehead atoms. The van der Waals surface area contributed by atoms with E-state index in [1.807, 2.05) is 25.7 Å². The zero-order valence-electron chi connectivity index (χ0n) is 17.7. The molecular weight excluding hydrogens is 390 g/mol. The van der Waals surface area contributed by atoms with Gasteiger partial charge in [0, 0.05) is 18.7 Å². The van der Waals surface area contributed by atoms with Crippen molar-refractivity contribution in [3.63, 3.8) is 0 Å². The molecule has 1 aliphatic heterocycles. The third-order valence-corrected chi connectivity index (χ3v) is 6.37. The van der Waals surface area contributed by atoms with Gasteiger partial charge in [0.2, 0.25) is 0 Å². The number of hydrogen-bond donors (Lipinski definition) is 0. The van der Waals surface area contributed by atoms with Gasteiger partial charge in [-0.05, 0) is 88.8 Å². The average molecular weight is 422 g/mol. The molecule has 6 heteroatoms. The number of carbonyl (C=O) groups is 2. The highest BCUT2D eigenvalue weighted by Crippen LogP contribution is 2.54. The maximum atomic E-state index is 12.2. The number of aldehydes is 1. The first-order chi connectivity index (χ1) is 13.7. The Labute approximate surface area is 178 Å². The van der Waals surface area contributed by atoms with Crippen LogP contribution in [0.1, 0.15) is 69.7 Å². The van der Waals surface area contributed by atoms with Crippen LogP contribution >= 0.6 is 11.6 Å². The summed E-state index contributed by atoms with van der Waals surface area (Å²) in [6, 6.07) is 5.17. The molecule has 0 aromatic heterocycles. The fourth-order valence-electron chi connectivity index (χ4n) is 4.52. The van der Waals surface area contributed by atoms with Gasteiger partial charge in [0.1, 0.15) is 11.4 Å². The molecule has 29 heavy (non-hydrogen) atoms. The van der Waals surface area contributed by atoms with Crippen LogP contribution in [0.4, 0.5) is 4.79 Å². The van der Waals surface area contributed by atoms with Crippen molar-refractivity contribution in [2.75, 3.05) is 19.7 Å². The van der Waals surface area contributed by atoms with E-state index in [0.29, 0.717) is 28.4 Å². The Hall–Kier alpha value is -1.75. The van der Waals surface area contributed by atoms with E-state index in [1.165, 1.54) is 12.8 Å². The van der Waals surface area contributed by atoms with Gasteiger partial charge in [-0.2, -0.15) is 0 Å². The molecule has 1 amide bonds. The Bertz CT molecular complexity index is 727. The van der Waals surface area contributed by atoms with E-state index in [1.54, 1.807) is 18.2 Å². The van der Waals surface area contributed by atoms with Crippen LogP contribution < -0.4 is 4.74 Å². The van der Waals surface area contributed by atoms with Gasteiger partial charge in [-0.1, -0.05) is 11.6 Å². The normalized spacial score (nSPS) is 19.0. The second-order valence-electron chi connectivity index (χ2n) is 9.53. The van der Waals surface area contributed by atoms with E-state index in [2.05, 4.69) is 0 Å². The summed E-state index contributed by atoms with van der Waals surface area (Å²) in [7, 11) is 0. The summed E-state index contributed by atoms with van der Waals surface area (Å²) in [5.74, 6) is 1.47. The zero-order chi connectivity index (χ0) is 21.1. The smallest absolute Gasteiger partial charge is 0.410 e. The minimum atomic E-state index is -0.433. The first kappa shape index (κ1) is 21.9. The lowest BCUT2D eigenvalue weighted by atomic mass is 9.56. The van der Waals surface area contributed by atoms with Crippen LogP contribution in [0.25, 0.3) is 0 Å². The van der Waals surface area contributed by atoms with E-state index >= 15 is 0 Å². The van der Waals surface area contributed by atoms with Crippen LogP contribution in [0.15, 0.2) is 18.2 Å². The Morgan fingerprint density at radius 2 is 1.97 bits per heavy atom. The van der Waals surface area contributed by atoms with Gasteiger partial charge < -0.3 is 14.4 Å². The first-order valence-corrected chi connectivity index (χ1v) is 10.9. The van der Waals surface area contributed by atoms with Crippen molar-refractivity contribution >= 4 is 24.0 Å². The van der Waals surface area contributed by atoms with Gasteiger partial charge >= 0.3 is 6.09 Å². The van der Waals surface area contributed by atoms with Crippen LogP contribution in [-0.2, 0) is 4.74 Å². The van der Waals surface area contributed by atoms with Crippen molar-refractivity contribution in [2.24, 2.45) is 11.3 Å². The summed E-state index contributed by atoms with van der Waals surface area (Å²) in [5, 5.41) is 0.427. The second kappa shape index (κ2) is 8.95. The largest absolute Gasteiger partial charge is 0.494 e. The molecule has 160 valence electrons. The number of likely N-dealkylation sites (tertiary alicyclic amines) is 1. The van der Waals surface area contributed by atoms with Gasteiger partial charge in [0.15, 0.2) is 6.29 Å². The lowest BCUT2D eigenvalue weighted by Gasteiger charge is -2.52. The van der Waals surface area contributed by atoms with E-state index < -0.39 is 5.60 Å². The molecule has 1 spiro atoms. The van der Waals surface area contributed by atoms with Crippen LogP contribution in [-0.4, -0.2) is 42.6 Å². The van der Waals surface area contributed by atoms with Crippen LogP contribution in [0.3, 0.4) is 0 Å². The molecule has 2 aliphatic rings. The van der Waals surface area contributed by atoms with Gasteiger partial charge in [0.25, 0.3) is 0 Å². The number of rotatable bonds is 6. The summed E-state index contributed by atoms with van der Waals surface area (Å²) in [4.78, 5) is 24.9. The highest BCUT2D eigenvalue weighted by Gasteiger charge is 2.46. The molecule has 1 aromatic rings. The number of nitrogens with zero attached hydrogens (tertiary/aromatic N) is 1. The van der Waals surface area contributed by atoms with E-state index in [4.69, 9.17) is 21.1 Å². The quantitative estimate of drug-likeness (QED) is 0.434. The summed E-state index contributed by atoms with van der Waals surface area (Å²) in [6.45, 7) is 8.00. The van der Waals surface area contributed by atoms with Crippen LogP contribution in [0, 0.1) is 11.3 Å². The third kappa shape index (κ3) is 5.88. The van der Waals surface area contributed by atoms with E-state index in [-0.39, 0.29) is 6.09 Å². The fourth-order valence-corrected chi connectivity index (χ4v) is 4.74. The van der Waals surface area contributed by atoms with E-state index in [0.717, 1.165) is 51.0 Å². The van der Waals surface area contributed by atoms with Gasteiger partial charge in [-0.25, -0.2) is 4.79 Å². The number of halogens is 1. The number of carbonyl (C=O) groups excluding carboxylic acids is 2. The maximum absolute atomic E-state index is 12.2. The van der Waals surface area contributed by atoms with Crippen molar-refractivity contribution in [1.82, 2.24) is 4.90 Å². The minimum Gasteiger partial charge on any atom is -0.494 e. The van der Waals surface area contributed by atoms with Crippen molar-refractivity contribution in [1.29, 1.82) is 0 Å². The van der Waals surface area contributed by atoms with Crippen molar-refractivity contribution in [2.45, 2.75) is 64.9 Å². The Morgan fingerprint density at radius 3 is 2.55 bits per heavy atom. The topological polar surface area (TPSA) is 55.8 Å². The number of ether oxygens (including phenoxy) is 2. The zero-order valence-corrected chi connectivity index (χ0v) is 18.5.